The molecule has 0 bridgehead atoms. The third-order valence-electron chi connectivity index (χ3n) is 2.77. The minimum absolute atomic E-state index is 0. The molecule has 0 aliphatic heterocycles. The van der Waals surface area contributed by atoms with Gasteiger partial charge in [-0.1, -0.05) is 75.9 Å². The molecule has 1 rings (SSSR count). The van der Waals surface area contributed by atoms with E-state index in [9.17, 15) is 10.2 Å². The Morgan fingerprint density at radius 1 is 1.17 bits per heavy atom. The van der Waals surface area contributed by atoms with E-state index in [0.29, 0.717) is 0 Å². The number of aryl methyl sites for hydroxylation is 1. The van der Waals surface area contributed by atoms with Gasteiger partial charge in [0.2, 0.25) is 0 Å². The van der Waals surface area contributed by atoms with Crippen LogP contribution >= 0.6 is 11.8 Å². The Hall–Kier alpha value is -0.290. The first-order valence-corrected chi connectivity index (χ1v) is 8.38. The molecule has 4 heteroatoms. The maximum absolute atomic E-state index is 10.1. The third-order valence-corrected chi connectivity index (χ3v) is 3.81. The Balaban J connectivity index is -0.000000960. The summed E-state index contributed by atoms with van der Waals surface area (Å²) in [6.45, 7) is 9.92. The molecule has 0 saturated heterocycles. The molecule has 2 nitrogen and oxygen atoms in total. The van der Waals surface area contributed by atoms with Crippen molar-refractivity contribution in [2.24, 2.45) is 0 Å². The molecule has 1 radical (unpaired) electrons. The fourth-order valence-electron chi connectivity index (χ4n) is 1.60. The van der Waals surface area contributed by atoms with Crippen LogP contribution in [0.5, 0.6) is 0 Å². The van der Waals surface area contributed by atoms with Gasteiger partial charge in [-0.3, -0.25) is 0 Å². The molecule has 1 aromatic rings. The Kier molecular flexibility index (Phi) is 19.8. The molecule has 137 valence electrons. The van der Waals surface area contributed by atoms with Gasteiger partial charge >= 0.3 is 0 Å². The fourth-order valence-corrected chi connectivity index (χ4v) is 2.46. The summed E-state index contributed by atoms with van der Waals surface area (Å²) < 4.78 is 0. The van der Waals surface area contributed by atoms with E-state index in [-0.39, 0.29) is 29.8 Å². The SMILES string of the molecule is C.C/C=C(\C=C/CC)C(O)C(O)Sc1ccc(C)cc1.CC.[Ag]. The van der Waals surface area contributed by atoms with Crippen molar-refractivity contribution in [1.29, 1.82) is 0 Å². The van der Waals surface area contributed by atoms with Crippen molar-refractivity contribution in [2.75, 3.05) is 0 Å². The van der Waals surface area contributed by atoms with Crippen LogP contribution in [0.1, 0.15) is 47.1 Å². The van der Waals surface area contributed by atoms with Crippen molar-refractivity contribution >= 4 is 11.8 Å². The predicted octanol–water partition coefficient (Wildman–Crippen LogP) is 5.34. The smallest absolute Gasteiger partial charge is 0.134 e. The molecule has 0 aliphatic carbocycles. The number of hydrogen-bond donors (Lipinski definition) is 2. The molecule has 1 aromatic carbocycles. The summed E-state index contributed by atoms with van der Waals surface area (Å²) in [5, 5.41) is 20.2. The molecule has 0 amide bonds. The number of thioether (sulfide) groups is 1. The van der Waals surface area contributed by atoms with Crippen molar-refractivity contribution in [3.63, 3.8) is 0 Å². The van der Waals surface area contributed by atoms with Crippen LogP contribution < -0.4 is 0 Å². The average molecular weight is 432 g/mol. The zero-order chi connectivity index (χ0) is 16.3. The average Bonchev–Trinajstić information content (AvgIpc) is 2.52. The number of hydrogen-bond acceptors (Lipinski definition) is 3. The number of aliphatic hydroxyl groups excluding tert-OH is 2. The zero-order valence-electron chi connectivity index (χ0n) is 14.0. The molecule has 0 heterocycles. The zero-order valence-corrected chi connectivity index (χ0v) is 16.3. The summed E-state index contributed by atoms with van der Waals surface area (Å²) in [6, 6.07) is 7.89. The number of benzene rings is 1. The van der Waals surface area contributed by atoms with Gasteiger partial charge in [0.25, 0.3) is 0 Å². The van der Waals surface area contributed by atoms with Crippen molar-refractivity contribution in [3.05, 3.63) is 53.6 Å². The largest absolute Gasteiger partial charge is 0.385 e. The normalized spacial score (nSPS) is 13.3. The van der Waals surface area contributed by atoms with Crippen LogP contribution in [0.25, 0.3) is 0 Å². The number of aliphatic hydroxyl groups is 2. The van der Waals surface area contributed by atoms with E-state index in [0.717, 1.165) is 16.9 Å². The van der Waals surface area contributed by atoms with Crippen LogP contribution in [-0.4, -0.2) is 21.8 Å². The van der Waals surface area contributed by atoms with Crippen LogP contribution in [-0.2, 0) is 22.4 Å². The van der Waals surface area contributed by atoms with Crippen LogP contribution in [0.15, 0.2) is 53.0 Å². The summed E-state index contributed by atoms with van der Waals surface area (Å²) >= 11 is 1.27. The molecule has 23 heavy (non-hydrogen) atoms. The van der Waals surface area contributed by atoms with E-state index in [1.165, 1.54) is 17.3 Å². The van der Waals surface area contributed by atoms with Gasteiger partial charge in [0.1, 0.15) is 11.5 Å². The van der Waals surface area contributed by atoms with E-state index < -0.39 is 11.5 Å². The second-order valence-corrected chi connectivity index (χ2v) is 5.56. The Morgan fingerprint density at radius 2 is 1.70 bits per heavy atom. The first-order chi connectivity index (χ1) is 10.1. The van der Waals surface area contributed by atoms with E-state index in [2.05, 4.69) is 0 Å². The Labute approximate surface area is 162 Å². The molecule has 2 unspecified atom stereocenters. The van der Waals surface area contributed by atoms with Gasteiger partial charge in [0.05, 0.1) is 0 Å². The van der Waals surface area contributed by atoms with Gasteiger partial charge < -0.3 is 10.2 Å². The fraction of sp³-hybridized carbons (Fsp3) is 0.474. The van der Waals surface area contributed by atoms with Gasteiger partial charge in [0.15, 0.2) is 0 Å². The predicted molar refractivity (Wildman–Crippen MR) is 100 cm³/mol. The van der Waals surface area contributed by atoms with Gasteiger partial charge in [-0.15, -0.1) is 0 Å². The van der Waals surface area contributed by atoms with Crippen molar-refractivity contribution in [2.45, 2.75) is 64.9 Å². The second kappa shape index (κ2) is 16.6. The molecule has 0 aromatic heterocycles. The summed E-state index contributed by atoms with van der Waals surface area (Å²) in [4.78, 5) is 0.951. The maximum atomic E-state index is 10.1. The first-order valence-electron chi connectivity index (χ1n) is 7.50. The van der Waals surface area contributed by atoms with Crippen LogP contribution in [0.3, 0.4) is 0 Å². The molecule has 2 N–H and O–H groups in total. The van der Waals surface area contributed by atoms with E-state index in [1.54, 1.807) is 0 Å². The van der Waals surface area contributed by atoms with E-state index >= 15 is 0 Å². The van der Waals surface area contributed by atoms with Gasteiger partial charge in [-0.25, -0.2) is 0 Å². The van der Waals surface area contributed by atoms with E-state index in [1.807, 2.05) is 77.1 Å². The second-order valence-electron chi connectivity index (χ2n) is 4.37. The van der Waals surface area contributed by atoms with E-state index in [4.69, 9.17) is 0 Å². The first kappa shape index (κ1) is 27.6. The molecule has 0 aliphatic rings. The Bertz CT molecular complexity index is 441. The third kappa shape index (κ3) is 11.0. The van der Waals surface area contributed by atoms with Crippen molar-refractivity contribution in [1.82, 2.24) is 0 Å². The minimum atomic E-state index is -0.876. The summed E-state index contributed by atoms with van der Waals surface area (Å²) in [5.41, 5.74) is 1.06. The van der Waals surface area contributed by atoms with Crippen LogP contribution in [0.2, 0.25) is 0 Å². The number of allylic oxidation sites excluding steroid dienone is 2. The summed E-state index contributed by atoms with van der Waals surface area (Å²) in [7, 11) is 0. The minimum Gasteiger partial charge on any atom is -0.385 e. The van der Waals surface area contributed by atoms with Crippen LogP contribution in [0.4, 0.5) is 0 Å². The molecular formula is C19H32AgO2S. The summed E-state index contributed by atoms with van der Waals surface area (Å²) in [6.07, 6.45) is 5.70. The molecular weight excluding hydrogens is 400 g/mol. The molecule has 0 fully saturated rings. The molecule has 0 saturated carbocycles. The van der Waals surface area contributed by atoms with Gasteiger partial charge in [-0.05, 0) is 38.0 Å². The quantitative estimate of drug-likeness (QED) is 0.276. The Morgan fingerprint density at radius 3 is 2.13 bits per heavy atom. The molecule has 2 atom stereocenters. The topological polar surface area (TPSA) is 40.5 Å². The van der Waals surface area contributed by atoms with Gasteiger partial charge in [0, 0.05) is 27.3 Å². The monoisotopic (exact) mass is 431 g/mol. The van der Waals surface area contributed by atoms with Crippen molar-refractivity contribution in [3.8, 4) is 0 Å². The summed E-state index contributed by atoms with van der Waals surface area (Å²) in [5.74, 6) is 0. The standard InChI is InChI=1S/C16H22O2S.C2H6.CH4.Ag/c1-4-6-7-13(5-2)15(17)16(18)19-14-10-8-12(3)9-11-14;1-2;;/h5-11,15-18H,4H2,1-3H3;1-2H3;1H4;/b7-6-,13-5+;;;. The van der Waals surface area contributed by atoms with Crippen LogP contribution in [0, 0.1) is 6.92 Å². The van der Waals surface area contributed by atoms with Crippen molar-refractivity contribution < 1.29 is 32.6 Å². The molecule has 0 spiro atoms. The maximum Gasteiger partial charge on any atom is 0.134 e. The number of rotatable bonds is 6. The van der Waals surface area contributed by atoms with Gasteiger partial charge in [-0.2, -0.15) is 0 Å².